The fourth-order valence-corrected chi connectivity index (χ4v) is 1.87. The zero-order valence-corrected chi connectivity index (χ0v) is 9.17. The van der Waals surface area contributed by atoms with Crippen molar-refractivity contribution in [1.29, 1.82) is 0 Å². The maximum Gasteiger partial charge on any atom is 0.0772 e. The van der Waals surface area contributed by atoms with E-state index in [2.05, 4.69) is 6.08 Å². The summed E-state index contributed by atoms with van der Waals surface area (Å²) in [4.78, 5) is 0. The predicted octanol–water partition coefficient (Wildman–Crippen LogP) is 2.66. The molecule has 0 saturated heterocycles. The maximum absolute atomic E-state index is 9.88. The lowest BCUT2D eigenvalue weighted by molar-refractivity contribution is 0.102. The molecule has 82 valence electrons. The number of aliphatic hydroxyl groups excluding tert-OH is 1. The fourth-order valence-electron chi connectivity index (χ4n) is 1.87. The summed E-state index contributed by atoms with van der Waals surface area (Å²) in [6.07, 6.45) is 8.74. The van der Waals surface area contributed by atoms with Gasteiger partial charge in [-0.05, 0) is 38.2 Å². The van der Waals surface area contributed by atoms with Crippen molar-refractivity contribution in [1.82, 2.24) is 0 Å². The Kier molecular flexibility index (Phi) is 5.88. The Morgan fingerprint density at radius 2 is 2.29 bits per heavy atom. The molecule has 14 heavy (non-hydrogen) atoms. The van der Waals surface area contributed by atoms with Gasteiger partial charge in [0.2, 0.25) is 0 Å². The summed E-state index contributed by atoms with van der Waals surface area (Å²) in [6, 6.07) is 0. The van der Waals surface area contributed by atoms with Gasteiger partial charge in [-0.3, -0.25) is 0 Å². The van der Waals surface area contributed by atoms with Gasteiger partial charge < -0.3 is 9.84 Å². The van der Waals surface area contributed by atoms with E-state index in [9.17, 15) is 5.11 Å². The largest absolute Gasteiger partial charge is 0.389 e. The number of hydrogen-bond acceptors (Lipinski definition) is 2. The molecule has 0 aromatic heterocycles. The van der Waals surface area contributed by atoms with E-state index in [4.69, 9.17) is 4.74 Å². The zero-order valence-electron chi connectivity index (χ0n) is 9.17. The Hall–Kier alpha value is -0.340. The van der Waals surface area contributed by atoms with E-state index >= 15 is 0 Å². The van der Waals surface area contributed by atoms with Crippen molar-refractivity contribution in [2.24, 2.45) is 0 Å². The van der Waals surface area contributed by atoms with Crippen LogP contribution in [0.2, 0.25) is 0 Å². The van der Waals surface area contributed by atoms with Crippen LogP contribution in [-0.2, 0) is 4.74 Å². The van der Waals surface area contributed by atoms with Crippen molar-refractivity contribution >= 4 is 0 Å². The lowest BCUT2D eigenvalue weighted by atomic mass is 10.0. The molecule has 1 rings (SSSR count). The minimum absolute atomic E-state index is 0.264. The second-order valence-corrected chi connectivity index (χ2v) is 3.88. The van der Waals surface area contributed by atoms with E-state index in [1.54, 1.807) is 0 Å². The molecule has 1 aliphatic rings. The molecule has 1 N–H and O–H groups in total. The Balaban J connectivity index is 2.26. The molecule has 2 heteroatoms. The van der Waals surface area contributed by atoms with Crippen LogP contribution in [0.1, 0.15) is 45.4 Å². The van der Waals surface area contributed by atoms with Gasteiger partial charge in [-0.15, -0.1) is 0 Å². The van der Waals surface area contributed by atoms with Crippen molar-refractivity contribution in [2.45, 2.75) is 51.6 Å². The molecule has 1 atom stereocenters. The number of rotatable bonds is 5. The Bertz CT molecular complexity index is 175. The highest BCUT2D eigenvalue weighted by Gasteiger charge is 2.11. The molecular weight excluding hydrogens is 176 g/mol. The number of allylic oxidation sites excluding steroid dienone is 1. The van der Waals surface area contributed by atoms with E-state index in [0.717, 1.165) is 25.9 Å². The summed E-state index contributed by atoms with van der Waals surface area (Å²) in [6.45, 7) is 3.40. The topological polar surface area (TPSA) is 29.5 Å². The van der Waals surface area contributed by atoms with Gasteiger partial charge >= 0.3 is 0 Å². The second-order valence-electron chi connectivity index (χ2n) is 3.88. The van der Waals surface area contributed by atoms with Gasteiger partial charge in [0, 0.05) is 19.6 Å². The van der Waals surface area contributed by atoms with Crippen LogP contribution < -0.4 is 0 Å². The first kappa shape index (κ1) is 11.7. The zero-order chi connectivity index (χ0) is 10.2. The second kappa shape index (κ2) is 7.02. The smallest absolute Gasteiger partial charge is 0.0772 e. The van der Waals surface area contributed by atoms with E-state index in [0.29, 0.717) is 6.61 Å². The highest BCUT2D eigenvalue weighted by molar-refractivity contribution is 5.09. The van der Waals surface area contributed by atoms with Crippen molar-refractivity contribution < 1.29 is 9.84 Å². The Morgan fingerprint density at radius 3 is 3.07 bits per heavy atom. The summed E-state index contributed by atoms with van der Waals surface area (Å²) in [5.41, 5.74) is 1.24. The molecule has 0 aliphatic heterocycles. The first-order chi connectivity index (χ1) is 6.84. The highest BCUT2D eigenvalue weighted by atomic mass is 16.5. The lowest BCUT2D eigenvalue weighted by Crippen LogP contribution is -2.13. The molecule has 0 aromatic rings. The predicted molar refractivity (Wildman–Crippen MR) is 58.3 cm³/mol. The van der Waals surface area contributed by atoms with E-state index in [1.807, 2.05) is 6.92 Å². The van der Waals surface area contributed by atoms with Crippen molar-refractivity contribution in [3.63, 3.8) is 0 Å². The van der Waals surface area contributed by atoms with Gasteiger partial charge in [-0.2, -0.15) is 0 Å². The molecule has 0 aromatic carbocycles. The SMILES string of the molecule is CCOCCC(O)C1=CCCCCC1. The summed E-state index contributed by atoms with van der Waals surface area (Å²) < 4.78 is 5.24. The average Bonchev–Trinajstić information content (AvgIpc) is 2.46. The van der Waals surface area contributed by atoms with Crippen LogP contribution in [0.15, 0.2) is 11.6 Å². The van der Waals surface area contributed by atoms with E-state index in [1.165, 1.54) is 24.8 Å². The van der Waals surface area contributed by atoms with Crippen LogP contribution in [0.25, 0.3) is 0 Å². The Labute approximate surface area is 87.0 Å². The van der Waals surface area contributed by atoms with E-state index in [-0.39, 0.29) is 6.10 Å². The van der Waals surface area contributed by atoms with Gasteiger partial charge in [0.05, 0.1) is 6.10 Å². The minimum atomic E-state index is -0.264. The number of hydrogen-bond donors (Lipinski definition) is 1. The average molecular weight is 198 g/mol. The summed E-state index contributed by atoms with van der Waals surface area (Å²) in [7, 11) is 0. The number of aliphatic hydroxyl groups is 1. The molecule has 0 bridgehead atoms. The van der Waals surface area contributed by atoms with Gasteiger partial charge in [0.25, 0.3) is 0 Å². The molecule has 0 radical (unpaired) electrons. The standard InChI is InChI=1S/C12H22O2/c1-2-14-10-9-12(13)11-7-5-3-4-6-8-11/h7,12-13H,2-6,8-10H2,1H3. The molecule has 0 amide bonds. The van der Waals surface area contributed by atoms with Crippen LogP contribution in [0, 0.1) is 0 Å². The molecule has 0 fully saturated rings. The monoisotopic (exact) mass is 198 g/mol. The maximum atomic E-state index is 9.88. The molecule has 0 heterocycles. The molecule has 0 spiro atoms. The minimum Gasteiger partial charge on any atom is -0.389 e. The summed E-state index contributed by atoms with van der Waals surface area (Å²) >= 11 is 0. The quantitative estimate of drug-likeness (QED) is 0.543. The van der Waals surface area contributed by atoms with Crippen molar-refractivity contribution in [3.05, 3.63) is 11.6 Å². The first-order valence-electron chi connectivity index (χ1n) is 5.79. The van der Waals surface area contributed by atoms with Gasteiger partial charge in [-0.1, -0.05) is 12.5 Å². The lowest BCUT2D eigenvalue weighted by Gasteiger charge is -2.13. The third-order valence-corrected chi connectivity index (χ3v) is 2.74. The molecule has 0 saturated carbocycles. The normalized spacial score (nSPS) is 20.0. The van der Waals surface area contributed by atoms with Crippen LogP contribution in [-0.4, -0.2) is 24.4 Å². The molecular formula is C12H22O2. The van der Waals surface area contributed by atoms with Gasteiger partial charge in [-0.25, -0.2) is 0 Å². The van der Waals surface area contributed by atoms with Crippen LogP contribution in [0.5, 0.6) is 0 Å². The van der Waals surface area contributed by atoms with Crippen LogP contribution in [0.3, 0.4) is 0 Å². The van der Waals surface area contributed by atoms with Crippen molar-refractivity contribution in [2.75, 3.05) is 13.2 Å². The summed E-state index contributed by atoms with van der Waals surface area (Å²) in [5.74, 6) is 0. The van der Waals surface area contributed by atoms with E-state index < -0.39 is 0 Å². The molecule has 1 aliphatic carbocycles. The fraction of sp³-hybridized carbons (Fsp3) is 0.833. The third-order valence-electron chi connectivity index (χ3n) is 2.74. The number of ether oxygens (including phenoxy) is 1. The highest BCUT2D eigenvalue weighted by Crippen LogP contribution is 2.21. The molecule has 1 unspecified atom stereocenters. The summed E-state index contributed by atoms with van der Waals surface area (Å²) in [5, 5.41) is 9.88. The van der Waals surface area contributed by atoms with Gasteiger partial charge in [0.15, 0.2) is 0 Å². The third kappa shape index (κ3) is 4.25. The first-order valence-corrected chi connectivity index (χ1v) is 5.79. The Morgan fingerprint density at radius 1 is 1.43 bits per heavy atom. The van der Waals surface area contributed by atoms with Gasteiger partial charge in [0.1, 0.15) is 0 Å². The molecule has 2 nitrogen and oxygen atoms in total. The van der Waals surface area contributed by atoms with Crippen molar-refractivity contribution in [3.8, 4) is 0 Å². The van der Waals surface area contributed by atoms with Crippen LogP contribution in [0.4, 0.5) is 0 Å². The van der Waals surface area contributed by atoms with Crippen LogP contribution >= 0.6 is 0 Å².